The molecule has 0 radical (unpaired) electrons. The Balaban J connectivity index is 2.25. The monoisotopic (exact) mass is 165 g/mol. The lowest BCUT2D eigenvalue weighted by molar-refractivity contribution is -0.173. The van der Waals surface area contributed by atoms with Crippen LogP contribution in [0.1, 0.15) is 6.42 Å². The summed E-state index contributed by atoms with van der Waals surface area (Å²) in [5.74, 6) is -0.162. The molecule has 10 heavy (non-hydrogen) atoms. The van der Waals surface area contributed by atoms with Crippen LogP contribution in [-0.4, -0.2) is 28.8 Å². The van der Waals surface area contributed by atoms with Gasteiger partial charge >= 0.3 is 11.4 Å². The van der Waals surface area contributed by atoms with Gasteiger partial charge in [0.2, 0.25) is 5.91 Å². The number of nitrogens with zero attached hydrogens (tertiary/aromatic N) is 1. The molecular formula is C4H7NO4S. The largest absolute Gasteiger partial charge is 0.327 e. The molecule has 5 nitrogen and oxygen atoms in total. The van der Waals surface area contributed by atoms with Crippen molar-refractivity contribution in [2.24, 2.45) is 0 Å². The van der Waals surface area contributed by atoms with Gasteiger partial charge in [-0.15, -0.1) is 4.28 Å². The molecule has 0 aromatic heterocycles. The molecule has 0 spiro atoms. The molecule has 0 aromatic rings. The van der Waals surface area contributed by atoms with Crippen LogP contribution in [0.4, 0.5) is 0 Å². The molecule has 0 aliphatic carbocycles. The van der Waals surface area contributed by atoms with Crippen molar-refractivity contribution in [1.29, 1.82) is 0 Å². The van der Waals surface area contributed by atoms with Gasteiger partial charge in [0.05, 0.1) is 13.7 Å². The van der Waals surface area contributed by atoms with Gasteiger partial charge in [0, 0.05) is 6.42 Å². The van der Waals surface area contributed by atoms with Gasteiger partial charge in [0.1, 0.15) is 0 Å². The average Bonchev–Trinajstić information content (AvgIpc) is 1.96. The summed E-state index contributed by atoms with van der Waals surface area (Å²) in [7, 11) is 1.24. The molecule has 1 aliphatic rings. The van der Waals surface area contributed by atoms with Crippen LogP contribution in [0.3, 0.4) is 0 Å². The quantitative estimate of drug-likeness (QED) is 0.523. The van der Waals surface area contributed by atoms with Crippen molar-refractivity contribution in [3.05, 3.63) is 0 Å². The number of hydrogen-bond donors (Lipinski definition) is 0. The van der Waals surface area contributed by atoms with E-state index in [9.17, 15) is 9.00 Å². The van der Waals surface area contributed by atoms with E-state index in [-0.39, 0.29) is 5.91 Å². The number of carbonyl (C=O) groups excluding carboxylic acids is 1. The number of amides is 1. The van der Waals surface area contributed by atoms with E-state index < -0.39 is 11.4 Å². The van der Waals surface area contributed by atoms with Crippen LogP contribution < -0.4 is 0 Å². The molecule has 1 saturated heterocycles. The van der Waals surface area contributed by atoms with Gasteiger partial charge in [-0.2, -0.15) is 4.21 Å². The molecule has 1 unspecified atom stereocenters. The predicted molar refractivity (Wildman–Crippen MR) is 32.6 cm³/mol. The Bertz CT molecular complexity index is 171. The highest BCUT2D eigenvalue weighted by atomic mass is 32.2. The first-order chi connectivity index (χ1) is 4.74. The maximum Gasteiger partial charge on any atom is 0.327 e. The Morgan fingerprint density at radius 3 is 2.70 bits per heavy atom. The third-order valence-corrected chi connectivity index (χ3v) is 1.67. The Labute approximate surface area is 60.7 Å². The molecule has 1 rings (SSSR count). The van der Waals surface area contributed by atoms with E-state index in [2.05, 4.69) is 8.47 Å². The summed E-state index contributed by atoms with van der Waals surface area (Å²) in [6, 6.07) is 0. The second-order valence-corrected chi connectivity index (χ2v) is 2.58. The first kappa shape index (κ1) is 7.64. The minimum absolute atomic E-state index is 0.162. The lowest BCUT2D eigenvalue weighted by atomic mass is 10.3. The Kier molecular flexibility index (Phi) is 2.36. The molecule has 1 atom stereocenters. The van der Waals surface area contributed by atoms with Crippen LogP contribution in [0, 0.1) is 0 Å². The first-order valence-electron chi connectivity index (χ1n) is 2.69. The van der Waals surface area contributed by atoms with Gasteiger partial charge in [-0.25, -0.2) is 5.06 Å². The van der Waals surface area contributed by atoms with E-state index in [0.717, 1.165) is 5.06 Å². The van der Waals surface area contributed by atoms with Crippen molar-refractivity contribution in [2.45, 2.75) is 6.42 Å². The van der Waals surface area contributed by atoms with Crippen LogP contribution in [0.5, 0.6) is 0 Å². The van der Waals surface area contributed by atoms with Crippen LogP contribution in [0.2, 0.25) is 0 Å². The molecular weight excluding hydrogens is 158 g/mol. The maximum atomic E-state index is 10.5. The highest BCUT2D eigenvalue weighted by Crippen LogP contribution is 2.09. The molecule has 0 bridgehead atoms. The lowest BCUT2D eigenvalue weighted by Crippen LogP contribution is -2.43. The zero-order valence-corrected chi connectivity index (χ0v) is 6.22. The summed E-state index contributed by atoms with van der Waals surface area (Å²) in [6.07, 6.45) is 0.459. The van der Waals surface area contributed by atoms with Gasteiger partial charge < -0.3 is 0 Å². The highest BCUT2D eigenvalue weighted by molar-refractivity contribution is 7.75. The Hall–Kier alpha value is -0.460. The molecule has 1 aliphatic heterocycles. The van der Waals surface area contributed by atoms with Crippen molar-refractivity contribution >= 4 is 17.3 Å². The lowest BCUT2D eigenvalue weighted by Gasteiger charge is -2.26. The standard InChI is InChI=1S/C4H7NO4S/c1-8-10(7)9-5-3-2-4(5)6/h2-3H2,1H3. The smallest absolute Gasteiger partial charge is 0.272 e. The van der Waals surface area contributed by atoms with E-state index in [1.807, 2.05) is 0 Å². The van der Waals surface area contributed by atoms with Crippen LogP contribution in [0.25, 0.3) is 0 Å². The normalized spacial score (nSPS) is 20.5. The predicted octanol–water partition coefficient (Wildman–Crippen LogP) is -0.625. The number of carbonyl (C=O) groups is 1. The van der Waals surface area contributed by atoms with E-state index in [0.29, 0.717) is 13.0 Å². The highest BCUT2D eigenvalue weighted by Gasteiger charge is 2.27. The van der Waals surface area contributed by atoms with Crippen LogP contribution in [0.15, 0.2) is 0 Å². The summed E-state index contributed by atoms with van der Waals surface area (Å²) in [5, 5.41) is 1.01. The molecule has 1 heterocycles. The summed E-state index contributed by atoms with van der Waals surface area (Å²) in [6.45, 7) is 0.494. The number of hydrogen-bond acceptors (Lipinski definition) is 4. The molecule has 1 amide bonds. The van der Waals surface area contributed by atoms with E-state index >= 15 is 0 Å². The third kappa shape index (κ3) is 1.53. The van der Waals surface area contributed by atoms with Crippen molar-refractivity contribution in [3.63, 3.8) is 0 Å². The zero-order valence-electron chi connectivity index (χ0n) is 5.40. The fourth-order valence-electron chi connectivity index (χ4n) is 0.477. The zero-order chi connectivity index (χ0) is 7.56. The number of β-lactam (4-membered cyclic amide) rings is 1. The van der Waals surface area contributed by atoms with Gasteiger partial charge in [-0.1, -0.05) is 0 Å². The van der Waals surface area contributed by atoms with E-state index in [4.69, 9.17) is 0 Å². The maximum absolute atomic E-state index is 10.5. The Morgan fingerprint density at radius 2 is 2.40 bits per heavy atom. The van der Waals surface area contributed by atoms with E-state index in [1.54, 1.807) is 0 Å². The van der Waals surface area contributed by atoms with Gasteiger partial charge in [0.25, 0.3) is 0 Å². The minimum atomic E-state index is -1.82. The molecule has 0 saturated carbocycles. The van der Waals surface area contributed by atoms with Gasteiger partial charge in [-0.3, -0.25) is 8.98 Å². The molecule has 0 N–H and O–H groups in total. The fourth-order valence-corrected chi connectivity index (χ4v) is 0.843. The molecule has 1 fully saturated rings. The SMILES string of the molecule is COS(=O)ON1CCC1=O. The average molecular weight is 165 g/mol. The summed E-state index contributed by atoms with van der Waals surface area (Å²) >= 11 is -1.82. The number of rotatable bonds is 3. The van der Waals surface area contributed by atoms with Gasteiger partial charge in [-0.05, 0) is 0 Å². The Morgan fingerprint density at radius 1 is 1.70 bits per heavy atom. The van der Waals surface area contributed by atoms with Crippen LogP contribution >= 0.6 is 0 Å². The second-order valence-electron chi connectivity index (χ2n) is 1.69. The van der Waals surface area contributed by atoms with Crippen molar-refractivity contribution in [1.82, 2.24) is 5.06 Å². The topological polar surface area (TPSA) is 55.8 Å². The summed E-state index contributed by atoms with van der Waals surface area (Å²) in [4.78, 5) is 10.5. The second kappa shape index (κ2) is 3.09. The summed E-state index contributed by atoms with van der Waals surface area (Å²) in [5.41, 5.74) is 0. The number of hydroxylamine groups is 2. The summed E-state index contributed by atoms with van der Waals surface area (Å²) < 4.78 is 19.2. The minimum Gasteiger partial charge on any atom is -0.272 e. The fraction of sp³-hybridized carbons (Fsp3) is 0.750. The van der Waals surface area contributed by atoms with E-state index in [1.165, 1.54) is 7.11 Å². The van der Waals surface area contributed by atoms with Crippen molar-refractivity contribution in [2.75, 3.05) is 13.7 Å². The van der Waals surface area contributed by atoms with Crippen molar-refractivity contribution < 1.29 is 17.5 Å². The molecule has 58 valence electrons. The third-order valence-electron chi connectivity index (χ3n) is 1.09. The van der Waals surface area contributed by atoms with Gasteiger partial charge in [0.15, 0.2) is 0 Å². The first-order valence-corrected chi connectivity index (χ1v) is 3.69. The molecule has 6 heteroatoms. The van der Waals surface area contributed by atoms with Crippen molar-refractivity contribution in [3.8, 4) is 0 Å². The van der Waals surface area contributed by atoms with Crippen LogP contribution in [-0.2, 0) is 24.6 Å². The molecule has 0 aromatic carbocycles.